The monoisotopic (exact) mass is 267 g/mol. The van der Waals surface area contributed by atoms with Crippen molar-refractivity contribution >= 4 is 17.8 Å². The van der Waals surface area contributed by atoms with Gasteiger partial charge in [0.15, 0.2) is 0 Å². The summed E-state index contributed by atoms with van der Waals surface area (Å²) >= 11 is 0. The van der Waals surface area contributed by atoms with Gasteiger partial charge in [-0.2, -0.15) is 0 Å². The molecule has 0 aliphatic heterocycles. The molecule has 104 valence electrons. The summed E-state index contributed by atoms with van der Waals surface area (Å²) in [4.78, 5) is 33.6. The van der Waals surface area contributed by atoms with E-state index in [9.17, 15) is 14.4 Å². The zero-order valence-corrected chi connectivity index (χ0v) is 10.4. The van der Waals surface area contributed by atoms with Gasteiger partial charge in [0.1, 0.15) is 6.04 Å². The van der Waals surface area contributed by atoms with E-state index in [1.54, 1.807) is 0 Å². The van der Waals surface area contributed by atoms with Crippen LogP contribution in [0, 0.1) is 29.6 Å². The summed E-state index contributed by atoms with van der Waals surface area (Å²) in [5.41, 5.74) is 0. The summed E-state index contributed by atoms with van der Waals surface area (Å²) in [6.07, 6.45) is 3.02. The standard InChI is InChI=1S/C13H17NO5/c15-8(16)4-7(13(18)19)14-12(17)11-9-5-1-2-6(3-5)10(9)11/h5-7,9-11H,1-4H2,(H,14,17)(H,15,16)(H,18,19)/t5?,6?,7-,9?,10?,11?/m1/s1. The van der Waals surface area contributed by atoms with Gasteiger partial charge < -0.3 is 15.5 Å². The minimum atomic E-state index is -1.32. The lowest BCUT2D eigenvalue weighted by molar-refractivity contribution is -0.147. The summed E-state index contributed by atoms with van der Waals surface area (Å²) in [6, 6.07) is -1.32. The second-order valence-corrected chi connectivity index (χ2v) is 6.01. The molecule has 0 saturated heterocycles. The van der Waals surface area contributed by atoms with E-state index < -0.39 is 24.4 Å². The third kappa shape index (κ3) is 1.99. The quantitative estimate of drug-likeness (QED) is 0.665. The topological polar surface area (TPSA) is 104 Å². The van der Waals surface area contributed by atoms with Crippen LogP contribution in [-0.2, 0) is 14.4 Å². The molecule has 19 heavy (non-hydrogen) atoms. The molecule has 0 radical (unpaired) electrons. The van der Waals surface area contributed by atoms with Crippen molar-refractivity contribution in [3.8, 4) is 0 Å². The van der Waals surface area contributed by atoms with E-state index >= 15 is 0 Å². The first kappa shape index (κ1) is 12.4. The van der Waals surface area contributed by atoms with E-state index in [1.165, 1.54) is 19.3 Å². The molecule has 4 unspecified atom stereocenters. The average molecular weight is 267 g/mol. The minimum absolute atomic E-state index is 0.0677. The molecule has 1 amide bonds. The molecule has 0 spiro atoms. The van der Waals surface area contributed by atoms with E-state index in [4.69, 9.17) is 10.2 Å². The van der Waals surface area contributed by atoms with Crippen LogP contribution in [0.1, 0.15) is 25.7 Å². The maximum absolute atomic E-state index is 12.1. The summed E-state index contributed by atoms with van der Waals surface area (Å²) in [5, 5.41) is 19.9. The van der Waals surface area contributed by atoms with Crippen molar-refractivity contribution in [1.82, 2.24) is 5.32 Å². The van der Waals surface area contributed by atoms with Gasteiger partial charge in [0, 0.05) is 5.92 Å². The Morgan fingerprint density at radius 3 is 2.16 bits per heavy atom. The lowest BCUT2D eigenvalue weighted by Gasteiger charge is -2.14. The SMILES string of the molecule is O=C(O)C[C@@H](NC(=O)C1C2C3CCC(C3)C12)C(=O)O. The lowest BCUT2D eigenvalue weighted by atomic mass is 10.0. The molecular formula is C13H17NO5. The van der Waals surface area contributed by atoms with Crippen LogP contribution < -0.4 is 5.32 Å². The van der Waals surface area contributed by atoms with Gasteiger partial charge in [-0.3, -0.25) is 9.59 Å². The average Bonchev–Trinajstić information content (AvgIpc) is 2.77. The van der Waals surface area contributed by atoms with Crippen molar-refractivity contribution in [2.75, 3.05) is 0 Å². The normalized spacial score (nSPS) is 39.5. The largest absolute Gasteiger partial charge is 0.481 e. The van der Waals surface area contributed by atoms with Crippen molar-refractivity contribution < 1.29 is 24.6 Å². The van der Waals surface area contributed by atoms with Crippen LogP contribution in [0.5, 0.6) is 0 Å². The molecule has 3 saturated carbocycles. The zero-order chi connectivity index (χ0) is 13.7. The van der Waals surface area contributed by atoms with Crippen LogP contribution >= 0.6 is 0 Å². The molecule has 5 atom stereocenters. The number of nitrogens with one attached hydrogen (secondary N) is 1. The van der Waals surface area contributed by atoms with Gasteiger partial charge in [0.25, 0.3) is 0 Å². The van der Waals surface area contributed by atoms with Crippen molar-refractivity contribution in [3.63, 3.8) is 0 Å². The predicted molar refractivity (Wildman–Crippen MR) is 63.1 cm³/mol. The van der Waals surface area contributed by atoms with Crippen molar-refractivity contribution in [3.05, 3.63) is 0 Å². The molecule has 6 nitrogen and oxygen atoms in total. The highest BCUT2D eigenvalue weighted by molar-refractivity contribution is 5.89. The molecular weight excluding hydrogens is 250 g/mol. The highest BCUT2D eigenvalue weighted by Gasteiger charge is 2.67. The Morgan fingerprint density at radius 1 is 1.11 bits per heavy atom. The van der Waals surface area contributed by atoms with Crippen LogP contribution in [0.4, 0.5) is 0 Å². The molecule has 3 N–H and O–H groups in total. The smallest absolute Gasteiger partial charge is 0.326 e. The number of carboxylic acids is 2. The maximum atomic E-state index is 12.1. The van der Waals surface area contributed by atoms with Gasteiger partial charge in [-0.1, -0.05) is 0 Å². The van der Waals surface area contributed by atoms with Gasteiger partial charge in [0.2, 0.25) is 5.91 Å². The molecule has 2 bridgehead atoms. The molecule has 3 aliphatic rings. The van der Waals surface area contributed by atoms with Crippen LogP contribution in [-0.4, -0.2) is 34.1 Å². The van der Waals surface area contributed by atoms with E-state index in [0.29, 0.717) is 23.7 Å². The first-order chi connectivity index (χ1) is 8.99. The van der Waals surface area contributed by atoms with Crippen LogP contribution in [0.15, 0.2) is 0 Å². The number of amides is 1. The van der Waals surface area contributed by atoms with Gasteiger partial charge in [-0.25, -0.2) is 4.79 Å². The van der Waals surface area contributed by atoms with Crippen LogP contribution in [0.3, 0.4) is 0 Å². The van der Waals surface area contributed by atoms with E-state index in [-0.39, 0.29) is 11.8 Å². The highest BCUT2D eigenvalue weighted by Crippen LogP contribution is 2.69. The number of hydrogen-bond donors (Lipinski definition) is 3. The number of rotatable bonds is 5. The fraction of sp³-hybridized carbons (Fsp3) is 0.769. The predicted octanol–water partition coefficient (Wildman–Crippen LogP) is 0.323. The Labute approximate surface area is 110 Å². The molecule has 0 heterocycles. The molecule has 6 heteroatoms. The molecule has 0 aromatic rings. The molecule has 3 aliphatic carbocycles. The third-order valence-electron chi connectivity index (χ3n) is 5.03. The summed E-state index contributed by atoms with van der Waals surface area (Å²) in [7, 11) is 0. The highest BCUT2D eigenvalue weighted by atomic mass is 16.4. The van der Waals surface area contributed by atoms with E-state index in [1.807, 2.05) is 0 Å². The van der Waals surface area contributed by atoms with E-state index in [2.05, 4.69) is 5.32 Å². The van der Waals surface area contributed by atoms with Crippen LogP contribution in [0.25, 0.3) is 0 Å². The van der Waals surface area contributed by atoms with Gasteiger partial charge in [-0.15, -0.1) is 0 Å². The number of carbonyl (C=O) groups excluding carboxylic acids is 1. The number of carboxylic acid groups (broad SMARTS) is 2. The van der Waals surface area contributed by atoms with Gasteiger partial charge >= 0.3 is 11.9 Å². The Morgan fingerprint density at radius 2 is 1.68 bits per heavy atom. The summed E-state index contributed by atoms with van der Waals surface area (Å²) in [6.45, 7) is 0. The van der Waals surface area contributed by atoms with Crippen molar-refractivity contribution in [2.24, 2.45) is 29.6 Å². The van der Waals surface area contributed by atoms with Crippen molar-refractivity contribution in [1.29, 1.82) is 0 Å². The minimum Gasteiger partial charge on any atom is -0.481 e. The third-order valence-corrected chi connectivity index (χ3v) is 5.03. The number of hydrogen-bond acceptors (Lipinski definition) is 3. The van der Waals surface area contributed by atoms with E-state index in [0.717, 1.165) is 0 Å². The van der Waals surface area contributed by atoms with Crippen LogP contribution in [0.2, 0.25) is 0 Å². The second-order valence-electron chi connectivity index (χ2n) is 6.01. The van der Waals surface area contributed by atoms with Gasteiger partial charge in [-0.05, 0) is 42.9 Å². The number of fused-ring (bicyclic) bond motifs is 5. The second kappa shape index (κ2) is 4.21. The lowest BCUT2D eigenvalue weighted by Crippen LogP contribution is -2.43. The Bertz CT molecular complexity index is 432. The maximum Gasteiger partial charge on any atom is 0.326 e. The first-order valence-electron chi connectivity index (χ1n) is 6.74. The molecule has 0 aromatic heterocycles. The zero-order valence-electron chi connectivity index (χ0n) is 10.4. The summed E-state index contributed by atoms with van der Waals surface area (Å²) in [5.74, 6) is -0.714. The number of aliphatic carboxylic acids is 2. The van der Waals surface area contributed by atoms with Crippen molar-refractivity contribution in [2.45, 2.75) is 31.7 Å². The Kier molecular flexibility index (Phi) is 2.76. The molecule has 3 fully saturated rings. The molecule has 0 aromatic carbocycles. The number of carbonyl (C=O) groups is 3. The molecule has 3 rings (SSSR count). The summed E-state index contributed by atoms with van der Waals surface area (Å²) < 4.78 is 0. The Hall–Kier alpha value is -1.59. The fourth-order valence-electron chi connectivity index (χ4n) is 4.32. The van der Waals surface area contributed by atoms with Gasteiger partial charge in [0.05, 0.1) is 6.42 Å². The fourth-order valence-corrected chi connectivity index (χ4v) is 4.32. The first-order valence-corrected chi connectivity index (χ1v) is 6.74. The Balaban J connectivity index is 1.60.